The molecule has 5 rings (SSSR count). The van der Waals surface area contributed by atoms with E-state index in [0.717, 1.165) is 5.75 Å². The summed E-state index contributed by atoms with van der Waals surface area (Å²) in [4.78, 5) is 30.2. The summed E-state index contributed by atoms with van der Waals surface area (Å²) in [5, 5.41) is 3.44. The molecule has 4 aromatic carbocycles. The summed E-state index contributed by atoms with van der Waals surface area (Å²) in [6.45, 7) is 2.52. The number of para-hydroxylation sites is 3. The highest BCUT2D eigenvalue weighted by Crippen LogP contribution is 2.30. The summed E-state index contributed by atoms with van der Waals surface area (Å²) in [5.41, 5.74) is 2.07. The molecule has 0 atom stereocenters. The van der Waals surface area contributed by atoms with Crippen molar-refractivity contribution < 1.29 is 14.3 Å². The summed E-state index contributed by atoms with van der Waals surface area (Å²) >= 11 is 0. The first-order valence-electron chi connectivity index (χ1n) is 11.5. The zero-order valence-electron chi connectivity index (χ0n) is 19.5. The van der Waals surface area contributed by atoms with Crippen molar-refractivity contribution in [2.75, 3.05) is 11.9 Å². The minimum atomic E-state index is -0.298. The van der Waals surface area contributed by atoms with Crippen LogP contribution in [-0.4, -0.2) is 22.1 Å². The quantitative estimate of drug-likeness (QED) is 0.319. The van der Waals surface area contributed by atoms with Crippen LogP contribution in [0.4, 0.5) is 5.69 Å². The third kappa shape index (κ3) is 4.81. The molecule has 0 saturated heterocycles. The summed E-state index contributed by atoms with van der Waals surface area (Å²) in [5.74, 6) is 1.60. The molecule has 0 aliphatic rings. The van der Waals surface area contributed by atoms with Gasteiger partial charge in [0.05, 0.1) is 28.9 Å². The van der Waals surface area contributed by atoms with Gasteiger partial charge in [-0.2, -0.15) is 0 Å². The molecule has 7 nitrogen and oxygen atoms in total. The van der Waals surface area contributed by atoms with E-state index >= 15 is 0 Å². The SMILES string of the molecule is CCOc1ccc(Oc2ccccc2NC(=O)c2ccc(-n3cnc4ccccc4c3=O)cc2)cc1. The van der Waals surface area contributed by atoms with Crippen LogP contribution in [-0.2, 0) is 0 Å². The molecule has 0 unspecified atom stereocenters. The van der Waals surface area contributed by atoms with Crippen molar-refractivity contribution in [3.63, 3.8) is 0 Å². The fraction of sp³-hybridized carbons (Fsp3) is 0.0690. The van der Waals surface area contributed by atoms with Gasteiger partial charge < -0.3 is 14.8 Å². The van der Waals surface area contributed by atoms with Crippen LogP contribution in [0.3, 0.4) is 0 Å². The van der Waals surface area contributed by atoms with Gasteiger partial charge in [0.1, 0.15) is 17.8 Å². The second-order valence-electron chi connectivity index (χ2n) is 7.94. The number of ether oxygens (including phenoxy) is 2. The summed E-state index contributed by atoms with van der Waals surface area (Å²) in [7, 11) is 0. The maximum absolute atomic E-state index is 13.0. The molecular weight excluding hydrogens is 454 g/mol. The molecule has 1 N–H and O–H groups in total. The first-order valence-corrected chi connectivity index (χ1v) is 11.5. The fourth-order valence-corrected chi connectivity index (χ4v) is 3.78. The molecule has 0 saturated carbocycles. The molecule has 5 aromatic rings. The standard InChI is InChI=1S/C29H23N3O4/c1-2-35-22-15-17-23(18-16-22)36-27-10-6-5-9-26(27)31-28(33)20-11-13-21(14-12-20)32-19-30-25-8-4-3-7-24(25)29(32)34/h3-19H,2H2,1H3,(H,31,33). The Bertz CT molecular complexity index is 1580. The Kier molecular flexibility index (Phi) is 6.44. The lowest BCUT2D eigenvalue weighted by Gasteiger charge is -2.13. The van der Waals surface area contributed by atoms with E-state index in [1.165, 1.54) is 10.9 Å². The van der Waals surface area contributed by atoms with Gasteiger partial charge in [0.25, 0.3) is 11.5 Å². The zero-order chi connectivity index (χ0) is 24.9. The molecule has 36 heavy (non-hydrogen) atoms. The van der Waals surface area contributed by atoms with Crippen molar-refractivity contribution in [3.8, 4) is 22.9 Å². The van der Waals surface area contributed by atoms with E-state index < -0.39 is 0 Å². The van der Waals surface area contributed by atoms with Gasteiger partial charge in [0.15, 0.2) is 5.75 Å². The molecular formula is C29H23N3O4. The Morgan fingerprint density at radius 3 is 2.33 bits per heavy atom. The average Bonchev–Trinajstić information content (AvgIpc) is 2.91. The second kappa shape index (κ2) is 10.1. The number of carbonyl (C=O) groups is 1. The van der Waals surface area contributed by atoms with Gasteiger partial charge in [0.2, 0.25) is 0 Å². The van der Waals surface area contributed by atoms with Crippen molar-refractivity contribution in [1.82, 2.24) is 9.55 Å². The Balaban J connectivity index is 1.33. The molecule has 0 spiro atoms. The molecule has 0 aliphatic carbocycles. The van der Waals surface area contributed by atoms with Crippen molar-refractivity contribution in [3.05, 3.63) is 119 Å². The normalized spacial score (nSPS) is 10.7. The summed E-state index contributed by atoms with van der Waals surface area (Å²) < 4.78 is 12.9. The van der Waals surface area contributed by atoms with Crippen LogP contribution in [0.25, 0.3) is 16.6 Å². The number of hydrogen-bond acceptors (Lipinski definition) is 5. The Morgan fingerprint density at radius 1 is 0.861 bits per heavy atom. The number of fused-ring (bicyclic) bond motifs is 1. The Morgan fingerprint density at radius 2 is 1.56 bits per heavy atom. The predicted molar refractivity (Wildman–Crippen MR) is 139 cm³/mol. The highest BCUT2D eigenvalue weighted by atomic mass is 16.5. The molecule has 1 amide bonds. The number of amides is 1. The number of carbonyl (C=O) groups excluding carboxylic acids is 1. The highest BCUT2D eigenvalue weighted by molar-refractivity contribution is 6.05. The van der Waals surface area contributed by atoms with Crippen LogP contribution >= 0.6 is 0 Å². The number of benzene rings is 4. The first kappa shape index (κ1) is 22.9. The average molecular weight is 478 g/mol. The summed E-state index contributed by atoms with van der Waals surface area (Å²) in [6.07, 6.45) is 1.49. The predicted octanol–water partition coefficient (Wildman–Crippen LogP) is 5.83. The van der Waals surface area contributed by atoms with Crippen LogP contribution < -0.4 is 20.3 Å². The van der Waals surface area contributed by atoms with Crippen molar-refractivity contribution in [2.24, 2.45) is 0 Å². The van der Waals surface area contributed by atoms with Crippen LogP contribution in [0.15, 0.2) is 108 Å². The van der Waals surface area contributed by atoms with Gasteiger partial charge in [-0.1, -0.05) is 24.3 Å². The molecule has 0 radical (unpaired) electrons. The maximum atomic E-state index is 13.0. The third-order valence-electron chi connectivity index (χ3n) is 5.57. The Labute approximate surface area is 207 Å². The second-order valence-corrected chi connectivity index (χ2v) is 7.94. The van der Waals surface area contributed by atoms with Crippen molar-refractivity contribution in [2.45, 2.75) is 6.92 Å². The van der Waals surface area contributed by atoms with E-state index in [2.05, 4.69) is 10.3 Å². The monoisotopic (exact) mass is 477 g/mol. The minimum Gasteiger partial charge on any atom is -0.494 e. The van der Waals surface area contributed by atoms with Crippen molar-refractivity contribution >= 4 is 22.5 Å². The number of nitrogens with one attached hydrogen (secondary N) is 1. The van der Waals surface area contributed by atoms with Crippen LogP contribution in [0.1, 0.15) is 17.3 Å². The molecule has 7 heteroatoms. The number of hydrogen-bond donors (Lipinski definition) is 1. The molecule has 0 aliphatic heterocycles. The maximum Gasteiger partial charge on any atom is 0.265 e. The largest absolute Gasteiger partial charge is 0.494 e. The first-order chi connectivity index (χ1) is 17.6. The number of aromatic nitrogens is 2. The topological polar surface area (TPSA) is 82.4 Å². The molecule has 1 heterocycles. The smallest absolute Gasteiger partial charge is 0.265 e. The van der Waals surface area contributed by atoms with Gasteiger partial charge in [-0.15, -0.1) is 0 Å². The lowest BCUT2D eigenvalue weighted by Crippen LogP contribution is -2.19. The molecule has 1 aromatic heterocycles. The van der Waals surface area contributed by atoms with E-state index in [-0.39, 0.29) is 11.5 Å². The molecule has 178 valence electrons. The van der Waals surface area contributed by atoms with Crippen LogP contribution in [0.2, 0.25) is 0 Å². The van der Waals surface area contributed by atoms with Crippen molar-refractivity contribution in [1.29, 1.82) is 0 Å². The number of nitrogens with zero attached hydrogens (tertiary/aromatic N) is 2. The van der Waals surface area contributed by atoms with Gasteiger partial charge in [-0.05, 0) is 79.7 Å². The summed E-state index contributed by atoms with van der Waals surface area (Å²) in [6, 6.07) is 28.5. The van der Waals surface area contributed by atoms with E-state index in [9.17, 15) is 9.59 Å². The fourth-order valence-electron chi connectivity index (χ4n) is 3.78. The van der Waals surface area contributed by atoms with Crippen LogP contribution in [0, 0.1) is 0 Å². The zero-order valence-corrected chi connectivity index (χ0v) is 19.5. The lowest BCUT2D eigenvalue weighted by molar-refractivity contribution is 0.102. The lowest BCUT2D eigenvalue weighted by atomic mass is 10.1. The van der Waals surface area contributed by atoms with E-state index in [1.807, 2.05) is 49.4 Å². The van der Waals surface area contributed by atoms with E-state index in [1.54, 1.807) is 54.6 Å². The van der Waals surface area contributed by atoms with Gasteiger partial charge in [-0.25, -0.2) is 4.98 Å². The number of rotatable bonds is 7. The molecule has 0 fully saturated rings. The van der Waals surface area contributed by atoms with Gasteiger partial charge in [0, 0.05) is 5.56 Å². The van der Waals surface area contributed by atoms with E-state index in [0.29, 0.717) is 45.9 Å². The van der Waals surface area contributed by atoms with E-state index in [4.69, 9.17) is 9.47 Å². The van der Waals surface area contributed by atoms with Crippen LogP contribution in [0.5, 0.6) is 17.2 Å². The Hall–Kier alpha value is -4.91. The number of anilines is 1. The van der Waals surface area contributed by atoms with Gasteiger partial charge >= 0.3 is 0 Å². The third-order valence-corrected chi connectivity index (χ3v) is 5.57. The molecule has 0 bridgehead atoms. The minimum absolute atomic E-state index is 0.168. The highest BCUT2D eigenvalue weighted by Gasteiger charge is 2.12. The van der Waals surface area contributed by atoms with Gasteiger partial charge in [-0.3, -0.25) is 14.2 Å².